The SMILES string of the molecule is COc1ccc(C(C)NC(=O)Nc2cc3c(cc2Br)OCCO3)cc1F. The summed E-state index contributed by atoms with van der Waals surface area (Å²) in [5.41, 5.74) is 1.17. The van der Waals surface area contributed by atoms with E-state index in [1.54, 1.807) is 25.1 Å². The molecule has 1 atom stereocenters. The molecule has 8 heteroatoms. The maximum absolute atomic E-state index is 13.8. The third-order valence-corrected chi connectivity index (χ3v) is 4.56. The molecule has 0 aromatic heterocycles. The Labute approximate surface area is 158 Å². The molecule has 0 saturated carbocycles. The maximum Gasteiger partial charge on any atom is 0.319 e. The summed E-state index contributed by atoms with van der Waals surface area (Å²) >= 11 is 3.40. The lowest BCUT2D eigenvalue weighted by Gasteiger charge is -2.21. The van der Waals surface area contributed by atoms with Crippen LogP contribution >= 0.6 is 15.9 Å². The zero-order valence-corrected chi connectivity index (χ0v) is 15.9. The number of urea groups is 1. The number of nitrogens with one attached hydrogen (secondary N) is 2. The van der Waals surface area contributed by atoms with E-state index in [0.29, 0.717) is 40.4 Å². The fourth-order valence-electron chi connectivity index (χ4n) is 2.55. The molecule has 0 spiro atoms. The summed E-state index contributed by atoms with van der Waals surface area (Å²) in [5, 5.41) is 5.51. The number of carbonyl (C=O) groups is 1. The highest BCUT2D eigenvalue weighted by atomic mass is 79.9. The van der Waals surface area contributed by atoms with Crippen LogP contribution in [0.1, 0.15) is 18.5 Å². The van der Waals surface area contributed by atoms with Gasteiger partial charge in [-0.2, -0.15) is 0 Å². The Morgan fingerprint density at radius 3 is 2.58 bits per heavy atom. The van der Waals surface area contributed by atoms with Gasteiger partial charge in [-0.05, 0) is 40.5 Å². The number of fused-ring (bicyclic) bond motifs is 1. The molecule has 1 heterocycles. The smallest absolute Gasteiger partial charge is 0.319 e. The van der Waals surface area contributed by atoms with Gasteiger partial charge in [0.25, 0.3) is 0 Å². The van der Waals surface area contributed by atoms with Crippen LogP contribution in [0.2, 0.25) is 0 Å². The third kappa shape index (κ3) is 4.01. The van der Waals surface area contributed by atoms with E-state index in [0.717, 1.165) is 0 Å². The molecule has 3 rings (SSSR count). The molecular formula is C18H18BrFN2O4. The number of benzene rings is 2. The molecule has 0 bridgehead atoms. The van der Waals surface area contributed by atoms with Crippen LogP contribution < -0.4 is 24.8 Å². The molecule has 6 nitrogen and oxygen atoms in total. The Kier molecular flexibility index (Phi) is 5.51. The number of ether oxygens (including phenoxy) is 3. The van der Waals surface area contributed by atoms with Gasteiger partial charge in [0.15, 0.2) is 23.1 Å². The Balaban J connectivity index is 1.68. The van der Waals surface area contributed by atoms with Gasteiger partial charge in [-0.3, -0.25) is 0 Å². The van der Waals surface area contributed by atoms with E-state index < -0.39 is 17.9 Å². The Morgan fingerprint density at radius 1 is 1.23 bits per heavy atom. The minimum atomic E-state index is -0.478. The van der Waals surface area contributed by atoms with Gasteiger partial charge in [0.05, 0.1) is 18.8 Å². The van der Waals surface area contributed by atoms with E-state index >= 15 is 0 Å². The molecule has 2 N–H and O–H groups in total. The predicted octanol–water partition coefficient (Wildman–Crippen LogP) is 4.25. The van der Waals surface area contributed by atoms with Crippen LogP contribution in [0.4, 0.5) is 14.9 Å². The van der Waals surface area contributed by atoms with Crippen LogP contribution in [0, 0.1) is 5.82 Å². The molecular weight excluding hydrogens is 407 g/mol. The minimum absolute atomic E-state index is 0.158. The quantitative estimate of drug-likeness (QED) is 0.769. The van der Waals surface area contributed by atoms with E-state index in [-0.39, 0.29) is 5.75 Å². The van der Waals surface area contributed by atoms with Gasteiger partial charge in [-0.1, -0.05) is 6.07 Å². The summed E-state index contributed by atoms with van der Waals surface area (Å²) in [7, 11) is 1.40. The molecule has 2 aromatic carbocycles. The summed E-state index contributed by atoms with van der Waals surface area (Å²) in [5.74, 6) is 0.871. The normalized spacial score (nSPS) is 13.7. The zero-order chi connectivity index (χ0) is 18.7. The van der Waals surface area contributed by atoms with Crippen molar-refractivity contribution in [2.75, 3.05) is 25.6 Å². The van der Waals surface area contributed by atoms with Crippen molar-refractivity contribution < 1.29 is 23.4 Å². The molecule has 0 aliphatic carbocycles. The number of methoxy groups -OCH3 is 1. The third-order valence-electron chi connectivity index (χ3n) is 3.90. The second-order valence-electron chi connectivity index (χ2n) is 5.69. The average Bonchev–Trinajstić information content (AvgIpc) is 2.62. The Hall–Kier alpha value is -2.48. The van der Waals surface area contributed by atoms with Crippen molar-refractivity contribution >= 4 is 27.6 Å². The Morgan fingerprint density at radius 2 is 1.92 bits per heavy atom. The van der Waals surface area contributed by atoms with Crippen molar-refractivity contribution in [2.45, 2.75) is 13.0 Å². The number of amides is 2. The highest BCUT2D eigenvalue weighted by Gasteiger charge is 2.17. The first-order valence-electron chi connectivity index (χ1n) is 7.98. The van der Waals surface area contributed by atoms with Crippen LogP contribution in [0.15, 0.2) is 34.8 Å². The highest BCUT2D eigenvalue weighted by Crippen LogP contribution is 2.38. The lowest BCUT2D eigenvalue weighted by molar-refractivity contribution is 0.171. The summed E-state index contributed by atoms with van der Waals surface area (Å²) in [6.45, 7) is 2.71. The molecule has 1 aliphatic rings. The van der Waals surface area contributed by atoms with Crippen molar-refractivity contribution in [1.82, 2.24) is 5.32 Å². The molecule has 2 amide bonds. The van der Waals surface area contributed by atoms with Crippen LogP contribution in [0.5, 0.6) is 17.2 Å². The molecule has 0 radical (unpaired) electrons. The van der Waals surface area contributed by atoms with Crippen molar-refractivity contribution in [3.8, 4) is 17.2 Å². The van der Waals surface area contributed by atoms with Crippen LogP contribution in [0.25, 0.3) is 0 Å². The number of hydrogen-bond donors (Lipinski definition) is 2. The van der Waals surface area contributed by atoms with E-state index in [1.807, 2.05) is 0 Å². The van der Waals surface area contributed by atoms with Crippen LogP contribution in [-0.4, -0.2) is 26.4 Å². The minimum Gasteiger partial charge on any atom is -0.494 e. The monoisotopic (exact) mass is 424 g/mol. The number of halogens is 2. The van der Waals surface area contributed by atoms with E-state index in [1.165, 1.54) is 19.2 Å². The van der Waals surface area contributed by atoms with Crippen LogP contribution in [-0.2, 0) is 0 Å². The lowest BCUT2D eigenvalue weighted by Crippen LogP contribution is -2.31. The van der Waals surface area contributed by atoms with Crippen LogP contribution in [0.3, 0.4) is 0 Å². The molecule has 0 fully saturated rings. The number of carbonyl (C=O) groups excluding carboxylic acids is 1. The first-order valence-corrected chi connectivity index (χ1v) is 8.77. The number of anilines is 1. The van der Waals surface area contributed by atoms with Crippen molar-refractivity contribution in [3.63, 3.8) is 0 Å². The van der Waals surface area contributed by atoms with Crippen molar-refractivity contribution in [1.29, 1.82) is 0 Å². The molecule has 138 valence electrons. The topological polar surface area (TPSA) is 68.8 Å². The summed E-state index contributed by atoms with van der Waals surface area (Å²) in [4.78, 5) is 12.3. The molecule has 1 unspecified atom stereocenters. The van der Waals surface area contributed by atoms with Crippen molar-refractivity contribution in [2.24, 2.45) is 0 Å². The predicted molar refractivity (Wildman–Crippen MR) is 98.7 cm³/mol. The molecule has 0 saturated heterocycles. The summed E-state index contributed by atoms with van der Waals surface area (Å²) in [6, 6.07) is 7.18. The number of rotatable bonds is 4. The van der Waals surface area contributed by atoms with Gasteiger partial charge in [0.1, 0.15) is 13.2 Å². The van der Waals surface area contributed by atoms with Gasteiger partial charge in [0.2, 0.25) is 0 Å². The summed E-state index contributed by atoms with van der Waals surface area (Å²) in [6.07, 6.45) is 0. The lowest BCUT2D eigenvalue weighted by atomic mass is 10.1. The molecule has 26 heavy (non-hydrogen) atoms. The van der Waals surface area contributed by atoms with E-state index in [4.69, 9.17) is 14.2 Å². The second kappa shape index (κ2) is 7.82. The fourth-order valence-corrected chi connectivity index (χ4v) is 2.97. The van der Waals surface area contributed by atoms with E-state index in [9.17, 15) is 9.18 Å². The Bertz CT molecular complexity index is 831. The standard InChI is InChI=1S/C18H18BrFN2O4/c1-10(11-3-4-15(24-2)13(20)7-11)21-18(23)22-14-9-17-16(8-12(14)19)25-5-6-26-17/h3-4,7-10H,5-6H2,1-2H3,(H2,21,22,23). The average molecular weight is 425 g/mol. The largest absolute Gasteiger partial charge is 0.494 e. The van der Waals surface area contributed by atoms with Gasteiger partial charge < -0.3 is 24.8 Å². The van der Waals surface area contributed by atoms with E-state index in [2.05, 4.69) is 26.6 Å². The first-order chi connectivity index (χ1) is 12.5. The van der Waals surface area contributed by atoms with Crippen molar-refractivity contribution in [3.05, 3.63) is 46.2 Å². The molecule has 1 aliphatic heterocycles. The van der Waals surface area contributed by atoms with Gasteiger partial charge >= 0.3 is 6.03 Å². The second-order valence-corrected chi connectivity index (χ2v) is 6.54. The summed E-state index contributed by atoms with van der Waals surface area (Å²) < 4.78 is 30.4. The van der Waals surface area contributed by atoms with Gasteiger partial charge in [-0.25, -0.2) is 9.18 Å². The first kappa shape index (κ1) is 18.3. The molecule has 2 aromatic rings. The highest BCUT2D eigenvalue weighted by molar-refractivity contribution is 9.10. The fraction of sp³-hybridized carbons (Fsp3) is 0.278. The number of hydrogen-bond acceptors (Lipinski definition) is 4. The van der Waals surface area contributed by atoms with Gasteiger partial charge in [-0.15, -0.1) is 0 Å². The maximum atomic E-state index is 13.8. The zero-order valence-electron chi connectivity index (χ0n) is 14.3. The van der Waals surface area contributed by atoms with Gasteiger partial charge in [0, 0.05) is 16.6 Å².